The number of rotatable bonds is 2. The number of nitrogens with one attached hydrogen (secondary N) is 2. The van der Waals surface area contributed by atoms with Gasteiger partial charge in [-0.25, -0.2) is 4.79 Å². The summed E-state index contributed by atoms with van der Waals surface area (Å²) in [4.78, 5) is 11.9. The zero-order valence-corrected chi connectivity index (χ0v) is 11.3. The number of hydrogen-bond donors (Lipinski definition) is 3. The van der Waals surface area contributed by atoms with E-state index in [0.717, 1.165) is 0 Å². The summed E-state index contributed by atoms with van der Waals surface area (Å²) in [5.74, 6) is 1.32. The van der Waals surface area contributed by atoms with Gasteiger partial charge >= 0.3 is 6.03 Å². The molecule has 0 bridgehead atoms. The number of carbonyl (C=O) groups excluding carboxylic acids is 1. The summed E-state index contributed by atoms with van der Waals surface area (Å²) in [6.07, 6.45) is 0. The Labute approximate surface area is 121 Å². The number of ether oxygens (including phenoxy) is 2. The van der Waals surface area contributed by atoms with Crippen molar-refractivity contribution in [1.82, 2.24) is 0 Å². The lowest BCUT2D eigenvalue weighted by Crippen LogP contribution is -2.20. The van der Waals surface area contributed by atoms with E-state index in [1.54, 1.807) is 42.5 Å². The van der Waals surface area contributed by atoms with Gasteiger partial charge in [0, 0.05) is 23.1 Å². The van der Waals surface area contributed by atoms with Crippen LogP contribution in [0.4, 0.5) is 21.9 Å². The number of carbonyl (C=O) groups is 1. The van der Waals surface area contributed by atoms with Crippen molar-refractivity contribution in [2.45, 2.75) is 0 Å². The molecule has 2 amide bonds. The standard InChI is InChI=1S/C15H15N3O3/c16-10-1-3-11(4-2-10)17-15(19)18-12-5-6-13-14(9-12)21-8-7-20-13/h1-6,9H,7-8,16H2,(H2,17,18,19). The SMILES string of the molecule is Nc1ccc(NC(=O)Nc2ccc3c(c2)OCCO3)cc1. The van der Waals surface area contributed by atoms with E-state index in [2.05, 4.69) is 10.6 Å². The second-order valence-corrected chi connectivity index (χ2v) is 4.56. The van der Waals surface area contributed by atoms with E-state index < -0.39 is 0 Å². The molecule has 1 aliphatic rings. The number of hydrogen-bond acceptors (Lipinski definition) is 4. The van der Waals surface area contributed by atoms with Crippen molar-refractivity contribution in [3.63, 3.8) is 0 Å². The van der Waals surface area contributed by atoms with Crippen LogP contribution in [0.1, 0.15) is 0 Å². The van der Waals surface area contributed by atoms with Gasteiger partial charge in [-0.3, -0.25) is 0 Å². The molecule has 0 saturated carbocycles. The van der Waals surface area contributed by atoms with Gasteiger partial charge in [0.1, 0.15) is 13.2 Å². The third-order valence-corrected chi connectivity index (χ3v) is 2.97. The molecule has 4 N–H and O–H groups in total. The number of fused-ring (bicyclic) bond motifs is 1. The van der Waals surface area contributed by atoms with Crippen LogP contribution >= 0.6 is 0 Å². The third-order valence-electron chi connectivity index (χ3n) is 2.97. The molecular formula is C15H15N3O3. The molecule has 1 heterocycles. The summed E-state index contributed by atoms with van der Waals surface area (Å²) in [6.45, 7) is 1.05. The van der Waals surface area contributed by atoms with Crippen molar-refractivity contribution in [1.29, 1.82) is 0 Å². The summed E-state index contributed by atoms with van der Waals surface area (Å²) in [6, 6.07) is 11.8. The number of amides is 2. The molecule has 0 aromatic heterocycles. The molecule has 0 aliphatic carbocycles. The topological polar surface area (TPSA) is 85.6 Å². The van der Waals surface area contributed by atoms with Crippen molar-refractivity contribution in [2.24, 2.45) is 0 Å². The van der Waals surface area contributed by atoms with Crippen molar-refractivity contribution in [3.05, 3.63) is 42.5 Å². The molecule has 0 radical (unpaired) electrons. The third kappa shape index (κ3) is 3.17. The number of nitrogens with two attached hydrogens (primary N) is 1. The molecule has 0 atom stereocenters. The lowest BCUT2D eigenvalue weighted by molar-refractivity contribution is 0.171. The van der Waals surface area contributed by atoms with Crippen LogP contribution in [0.25, 0.3) is 0 Å². The average Bonchev–Trinajstić information content (AvgIpc) is 2.49. The monoisotopic (exact) mass is 285 g/mol. The second-order valence-electron chi connectivity index (χ2n) is 4.56. The average molecular weight is 285 g/mol. The predicted molar refractivity (Wildman–Crippen MR) is 80.9 cm³/mol. The van der Waals surface area contributed by atoms with Crippen LogP contribution in [-0.2, 0) is 0 Å². The number of anilines is 3. The van der Waals surface area contributed by atoms with Gasteiger partial charge in [-0.1, -0.05) is 0 Å². The van der Waals surface area contributed by atoms with Gasteiger partial charge < -0.3 is 25.8 Å². The smallest absolute Gasteiger partial charge is 0.323 e. The summed E-state index contributed by atoms with van der Waals surface area (Å²) in [7, 11) is 0. The van der Waals surface area contributed by atoms with Crippen molar-refractivity contribution < 1.29 is 14.3 Å². The van der Waals surface area contributed by atoms with Crippen LogP contribution in [0.5, 0.6) is 11.5 Å². The molecule has 21 heavy (non-hydrogen) atoms. The maximum absolute atomic E-state index is 11.9. The van der Waals surface area contributed by atoms with Crippen LogP contribution in [0.2, 0.25) is 0 Å². The highest BCUT2D eigenvalue weighted by Gasteiger charge is 2.12. The van der Waals surface area contributed by atoms with E-state index in [1.165, 1.54) is 0 Å². The first kappa shape index (κ1) is 13.1. The molecule has 6 heteroatoms. The Bertz CT molecular complexity index is 656. The van der Waals surface area contributed by atoms with Crippen LogP contribution < -0.4 is 25.8 Å². The zero-order chi connectivity index (χ0) is 14.7. The van der Waals surface area contributed by atoms with E-state index in [-0.39, 0.29) is 6.03 Å². The first-order valence-corrected chi connectivity index (χ1v) is 6.54. The Hall–Kier alpha value is -2.89. The van der Waals surface area contributed by atoms with Gasteiger partial charge in [-0.2, -0.15) is 0 Å². The minimum Gasteiger partial charge on any atom is -0.486 e. The molecule has 1 aliphatic heterocycles. The molecule has 2 aromatic carbocycles. The fourth-order valence-corrected chi connectivity index (χ4v) is 1.98. The number of urea groups is 1. The van der Waals surface area contributed by atoms with Gasteiger partial charge in [-0.05, 0) is 36.4 Å². The summed E-state index contributed by atoms with van der Waals surface area (Å²) in [5, 5.41) is 5.46. The molecule has 108 valence electrons. The molecule has 0 saturated heterocycles. The molecule has 0 unspecified atom stereocenters. The van der Waals surface area contributed by atoms with Crippen LogP contribution in [-0.4, -0.2) is 19.2 Å². The van der Waals surface area contributed by atoms with Crippen molar-refractivity contribution >= 4 is 23.1 Å². The maximum atomic E-state index is 11.9. The van der Waals surface area contributed by atoms with Gasteiger partial charge in [0.2, 0.25) is 0 Å². The number of nitrogen functional groups attached to an aromatic ring is 1. The molecule has 0 spiro atoms. The lowest BCUT2D eigenvalue weighted by Gasteiger charge is -2.19. The highest BCUT2D eigenvalue weighted by molar-refractivity contribution is 6.00. The van der Waals surface area contributed by atoms with Gasteiger partial charge in [-0.15, -0.1) is 0 Å². The van der Waals surface area contributed by atoms with E-state index in [9.17, 15) is 4.79 Å². The fourth-order valence-electron chi connectivity index (χ4n) is 1.98. The lowest BCUT2D eigenvalue weighted by atomic mass is 10.2. The van der Waals surface area contributed by atoms with E-state index in [4.69, 9.17) is 15.2 Å². The number of benzene rings is 2. The van der Waals surface area contributed by atoms with Crippen LogP contribution in [0.3, 0.4) is 0 Å². The minimum absolute atomic E-state index is 0.337. The van der Waals surface area contributed by atoms with Crippen LogP contribution in [0, 0.1) is 0 Å². The Morgan fingerprint density at radius 3 is 2.29 bits per heavy atom. The van der Waals surface area contributed by atoms with Crippen molar-refractivity contribution in [3.8, 4) is 11.5 Å². The first-order chi connectivity index (χ1) is 10.2. The highest BCUT2D eigenvalue weighted by Crippen LogP contribution is 2.32. The molecule has 6 nitrogen and oxygen atoms in total. The van der Waals surface area contributed by atoms with Gasteiger partial charge in [0.15, 0.2) is 11.5 Å². The zero-order valence-electron chi connectivity index (χ0n) is 11.3. The summed E-state index contributed by atoms with van der Waals surface area (Å²) >= 11 is 0. The predicted octanol–water partition coefficient (Wildman–Crippen LogP) is 2.68. The van der Waals surface area contributed by atoms with Crippen molar-refractivity contribution in [2.75, 3.05) is 29.6 Å². The van der Waals surface area contributed by atoms with Crippen LogP contribution in [0.15, 0.2) is 42.5 Å². The van der Waals surface area contributed by atoms with E-state index >= 15 is 0 Å². The molecular weight excluding hydrogens is 270 g/mol. The Morgan fingerprint density at radius 1 is 0.905 bits per heavy atom. The molecule has 2 aromatic rings. The molecule has 0 fully saturated rings. The normalized spacial score (nSPS) is 12.6. The Balaban J connectivity index is 1.65. The maximum Gasteiger partial charge on any atom is 0.323 e. The first-order valence-electron chi connectivity index (χ1n) is 6.54. The second kappa shape index (κ2) is 5.62. The van der Waals surface area contributed by atoms with E-state index in [1.807, 2.05) is 0 Å². The summed E-state index contributed by atoms with van der Waals surface area (Å²) in [5.41, 5.74) is 7.54. The Kier molecular flexibility index (Phi) is 3.51. The highest BCUT2D eigenvalue weighted by atomic mass is 16.6. The summed E-state index contributed by atoms with van der Waals surface area (Å²) < 4.78 is 10.9. The van der Waals surface area contributed by atoms with E-state index in [0.29, 0.717) is 41.8 Å². The quantitative estimate of drug-likeness (QED) is 0.740. The fraction of sp³-hybridized carbons (Fsp3) is 0.133. The largest absolute Gasteiger partial charge is 0.486 e. The van der Waals surface area contributed by atoms with Gasteiger partial charge in [0.05, 0.1) is 0 Å². The minimum atomic E-state index is -0.337. The van der Waals surface area contributed by atoms with Gasteiger partial charge in [0.25, 0.3) is 0 Å². The Morgan fingerprint density at radius 2 is 1.52 bits per heavy atom. The molecule has 3 rings (SSSR count).